The van der Waals surface area contributed by atoms with E-state index in [1.165, 1.54) is 64.0 Å². The van der Waals surface area contributed by atoms with Gasteiger partial charge in [-0.1, -0.05) is 53.4 Å². The fraction of sp³-hybridized carbons (Fsp3) is 0.889. The van der Waals surface area contributed by atoms with Gasteiger partial charge in [-0.25, -0.2) is 4.98 Å². The van der Waals surface area contributed by atoms with Gasteiger partial charge >= 0.3 is 0 Å². The SMILES string of the molecule is CCCC[P+](CCCC)(CCCC)CCCC.c1nc[nH]n1. The van der Waals surface area contributed by atoms with Crippen LogP contribution < -0.4 is 0 Å². The van der Waals surface area contributed by atoms with Crippen LogP contribution in [0.3, 0.4) is 0 Å². The quantitative estimate of drug-likeness (QED) is 0.477. The Hall–Kier alpha value is -0.430. The van der Waals surface area contributed by atoms with Crippen LogP contribution in [0.25, 0.3) is 0 Å². The van der Waals surface area contributed by atoms with Gasteiger partial charge in [0, 0.05) is 7.26 Å². The summed E-state index contributed by atoms with van der Waals surface area (Å²) in [7, 11) is -0.562. The van der Waals surface area contributed by atoms with Gasteiger partial charge in [0.1, 0.15) is 12.7 Å². The first kappa shape index (κ1) is 21.6. The summed E-state index contributed by atoms with van der Waals surface area (Å²) in [6, 6.07) is 0. The topological polar surface area (TPSA) is 41.6 Å². The van der Waals surface area contributed by atoms with Gasteiger partial charge in [0.25, 0.3) is 0 Å². The van der Waals surface area contributed by atoms with Gasteiger partial charge in [0.05, 0.1) is 24.6 Å². The predicted octanol–water partition coefficient (Wildman–Crippen LogP) is 6.01. The summed E-state index contributed by atoms with van der Waals surface area (Å²) in [5, 5.41) is 5.99. The van der Waals surface area contributed by atoms with Crippen LogP contribution in [0.1, 0.15) is 79.1 Å². The minimum Gasteiger partial charge on any atom is -0.266 e. The van der Waals surface area contributed by atoms with Crippen molar-refractivity contribution in [3.8, 4) is 0 Å². The maximum absolute atomic E-state index is 3.56. The summed E-state index contributed by atoms with van der Waals surface area (Å²) in [5.74, 6) is 0. The zero-order valence-corrected chi connectivity index (χ0v) is 16.4. The highest BCUT2D eigenvalue weighted by Gasteiger charge is 2.34. The van der Waals surface area contributed by atoms with Crippen molar-refractivity contribution in [1.82, 2.24) is 15.2 Å². The molecule has 0 aliphatic heterocycles. The summed E-state index contributed by atoms with van der Waals surface area (Å²) in [6.45, 7) is 9.42. The fourth-order valence-electron chi connectivity index (χ4n) is 2.81. The molecule has 0 unspecified atom stereocenters. The zero-order valence-electron chi connectivity index (χ0n) is 15.5. The molecule has 0 amide bonds. The zero-order chi connectivity index (χ0) is 16.5. The number of hydrogen-bond acceptors (Lipinski definition) is 2. The van der Waals surface area contributed by atoms with Crippen molar-refractivity contribution < 1.29 is 0 Å². The molecule has 0 aliphatic rings. The monoisotopic (exact) mass is 328 g/mol. The molecule has 4 heteroatoms. The normalized spacial score (nSPS) is 11.1. The van der Waals surface area contributed by atoms with Crippen LogP contribution in [0.4, 0.5) is 0 Å². The molecule has 0 fully saturated rings. The van der Waals surface area contributed by atoms with Crippen molar-refractivity contribution in [3.63, 3.8) is 0 Å². The first-order chi connectivity index (χ1) is 10.7. The lowest BCUT2D eigenvalue weighted by molar-refractivity contribution is 0.814. The van der Waals surface area contributed by atoms with E-state index in [-0.39, 0.29) is 0 Å². The van der Waals surface area contributed by atoms with Gasteiger partial charge in [-0.3, -0.25) is 5.10 Å². The van der Waals surface area contributed by atoms with E-state index in [1.54, 1.807) is 24.6 Å². The summed E-state index contributed by atoms with van der Waals surface area (Å²) in [4.78, 5) is 3.56. The van der Waals surface area contributed by atoms with E-state index in [9.17, 15) is 0 Å². The Labute approximate surface area is 139 Å². The van der Waals surface area contributed by atoms with Gasteiger partial charge in [0.2, 0.25) is 0 Å². The molecule has 0 atom stereocenters. The van der Waals surface area contributed by atoms with E-state index < -0.39 is 7.26 Å². The van der Waals surface area contributed by atoms with E-state index in [0.29, 0.717) is 0 Å². The third kappa shape index (κ3) is 11.2. The lowest BCUT2D eigenvalue weighted by Gasteiger charge is -2.28. The molecule has 3 nitrogen and oxygen atoms in total. The second-order valence-corrected chi connectivity index (χ2v) is 10.8. The Bertz CT molecular complexity index is 247. The van der Waals surface area contributed by atoms with Gasteiger partial charge in [0.15, 0.2) is 0 Å². The number of nitrogens with zero attached hydrogens (tertiary/aromatic N) is 2. The fourth-order valence-corrected chi connectivity index (χ4v) is 8.10. The second-order valence-electron chi connectivity index (χ2n) is 6.30. The summed E-state index contributed by atoms with van der Waals surface area (Å²) < 4.78 is 0. The van der Waals surface area contributed by atoms with Gasteiger partial charge in [-0.05, 0) is 25.7 Å². The van der Waals surface area contributed by atoms with Crippen molar-refractivity contribution >= 4 is 7.26 Å². The van der Waals surface area contributed by atoms with Crippen molar-refractivity contribution in [2.45, 2.75) is 79.1 Å². The largest absolute Gasteiger partial charge is 0.266 e. The van der Waals surface area contributed by atoms with Gasteiger partial charge in [-0.2, -0.15) is 5.10 Å². The summed E-state index contributed by atoms with van der Waals surface area (Å²) >= 11 is 0. The first-order valence-corrected chi connectivity index (χ1v) is 11.9. The van der Waals surface area contributed by atoms with Crippen LogP contribution in [0.2, 0.25) is 0 Å². The van der Waals surface area contributed by atoms with Crippen molar-refractivity contribution in [1.29, 1.82) is 0 Å². The third-order valence-electron chi connectivity index (χ3n) is 4.28. The standard InChI is InChI=1S/C16H36P.C2H3N3/c1-5-9-13-17(14-10-6-2,15-11-7-3)16-12-8-4;1-3-2-5-4-1/h5-16H2,1-4H3;1-2H,(H,3,4,5)/q+1;. The van der Waals surface area contributed by atoms with E-state index in [2.05, 4.69) is 42.9 Å². The predicted molar refractivity (Wildman–Crippen MR) is 102 cm³/mol. The summed E-state index contributed by atoms with van der Waals surface area (Å²) in [6.07, 6.45) is 20.9. The molecular weight excluding hydrogens is 289 g/mol. The molecule has 0 saturated heterocycles. The Morgan fingerprint density at radius 3 is 1.32 bits per heavy atom. The molecule has 1 rings (SSSR count). The molecule has 1 N–H and O–H groups in total. The average Bonchev–Trinajstić information content (AvgIpc) is 3.13. The van der Waals surface area contributed by atoms with Crippen LogP contribution in [-0.4, -0.2) is 39.8 Å². The van der Waals surface area contributed by atoms with Crippen LogP contribution in [-0.2, 0) is 0 Å². The molecule has 1 aromatic rings. The van der Waals surface area contributed by atoms with Crippen molar-refractivity contribution in [2.24, 2.45) is 0 Å². The molecule has 0 bridgehead atoms. The molecule has 0 aliphatic carbocycles. The number of H-pyrrole nitrogens is 1. The smallest absolute Gasteiger partial charge is 0.137 e. The average molecular weight is 329 g/mol. The maximum atomic E-state index is 3.56. The molecule has 22 heavy (non-hydrogen) atoms. The first-order valence-electron chi connectivity index (χ1n) is 9.38. The van der Waals surface area contributed by atoms with Crippen LogP contribution in [0.5, 0.6) is 0 Å². The number of nitrogens with one attached hydrogen (secondary N) is 1. The van der Waals surface area contributed by atoms with Crippen molar-refractivity contribution in [2.75, 3.05) is 24.6 Å². The van der Waals surface area contributed by atoms with Crippen molar-refractivity contribution in [3.05, 3.63) is 12.7 Å². The highest BCUT2D eigenvalue weighted by Crippen LogP contribution is 2.61. The van der Waals surface area contributed by atoms with Gasteiger partial charge < -0.3 is 0 Å². The lowest BCUT2D eigenvalue weighted by atomic mass is 10.4. The summed E-state index contributed by atoms with van der Waals surface area (Å²) in [5.41, 5.74) is 0. The molecule has 0 spiro atoms. The highest BCUT2D eigenvalue weighted by molar-refractivity contribution is 7.75. The van der Waals surface area contributed by atoms with Crippen LogP contribution in [0, 0.1) is 0 Å². The maximum Gasteiger partial charge on any atom is 0.137 e. The molecule has 0 saturated carbocycles. The number of rotatable bonds is 12. The Balaban J connectivity index is 0.000000734. The molecular formula is C18H39N3P+. The number of aromatic amines is 1. The molecule has 130 valence electrons. The minimum absolute atomic E-state index is 0.562. The Morgan fingerprint density at radius 1 is 0.727 bits per heavy atom. The van der Waals surface area contributed by atoms with E-state index >= 15 is 0 Å². The second kappa shape index (κ2) is 15.5. The van der Waals surface area contributed by atoms with E-state index in [0.717, 1.165) is 0 Å². The van der Waals surface area contributed by atoms with E-state index in [4.69, 9.17) is 0 Å². The highest BCUT2D eigenvalue weighted by atomic mass is 31.2. The Morgan fingerprint density at radius 2 is 1.14 bits per heavy atom. The van der Waals surface area contributed by atoms with E-state index in [1.807, 2.05) is 0 Å². The molecule has 0 radical (unpaired) electrons. The van der Waals surface area contributed by atoms with Crippen LogP contribution in [0.15, 0.2) is 12.7 Å². The Kier molecular flexibility index (Phi) is 15.2. The number of hydrogen-bond donors (Lipinski definition) is 1. The minimum atomic E-state index is -0.562. The van der Waals surface area contributed by atoms with Gasteiger partial charge in [-0.15, -0.1) is 0 Å². The molecule has 0 aromatic carbocycles. The molecule has 1 aromatic heterocycles. The number of unbranched alkanes of at least 4 members (excludes halogenated alkanes) is 4. The third-order valence-corrected chi connectivity index (χ3v) is 9.33. The number of aromatic nitrogens is 3. The van der Waals surface area contributed by atoms with Crippen LogP contribution >= 0.6 is 7.26 Å². The lowest BCUT2D eigenvalue weighted by Crippen LogP contribution is -2.12. The molecule has 1 heterocycles.